The molecule has 0 saturated heterocycles. The molecule has 0 saturated carbocycles. The maximum atomic E-state index is 12.4. The molecule has 19 heavy (non-hydrogen) atoms. The molecule has 0 aliphatic carbocycles. The summed E-state index contributed by atoms with van der Waals surface area (Å²) in [4.78, 5) is 14.1. The molecule has 0 fully saturated rings. The molecular weight excluding hydrogens is 302 g/mol. The van der Waals surface area contributed by atoms with Gasteiger partial charge in [-0.3, -0.25) is 4.79 Å². The second kappa shape index (κ2) is 4.82. The number of nitrogens with zero attached hydrogens (tertiary/aromatic N) is 1. The molecule has 1 aliphatic heterocycles. The van der Waals surface area contributed by atoms with E-state index in [0.29, 0.717) is 0 Å². The van der Waals surface area contributed by atoms with Crippen LogP contribution in [0.3, 0.4) is 0 Å². The number of carbonyl (C=O) groups is 1. The van der Waals surface area contributed by atoms with Gasteiger partial charge in [-0.05, 0) is 35.7 Å². The first-order chi connectivity index (χ1) is 9.16. The molecule has 1 amide bonds. The van der Waals surface area contributed by atoms with Gasteiger partial charge in [-0.25, -0.2) is 0 Å². The molecule has 3 heteroatoms. The normalized spacial score (nSPS) is 17.7. The molecule has 2 nitrogen and oxygen atoms in total. The fourth-order valence-corrected chi connectivity index (χ4v) is 2.89. The zero-order valence-electron chi connectivity index (χ0n) is 10.6. The monoisotopic (exact) mass is 315 g/mol. The van der Waals surface area contributed by atoms with E-state index in [4.69, 9.17) is 0 Å². The highest BCUT2D eigenvalue weighted by Gasteiger charge is 2.34. The molecule has 1 atom stereocenters. The highest BCUT2D eigenvalue weighted by molar-refractivity contribution is 9.10. The van der Waals surface area contributed by atoms with Crippen LogP contribution in [0.1, 0.15) is 17.0 Å². The van der Waals surface area contributed by atoms with Gasteiger partial charge < -0.3 is 4.90 Å². The van der Waals surface area contributed by atoms with Gasteiger partial charge >= 0.3 is 0 Å². The quantitative estimate of drug-likeness (QED) is 0.826. The Hall–Kier alpha value is -1.61. The Balaban J connectivity index is 1.93. The topological polar surface area (TPSA) is 20.3 Å². The van der Waals surface area contributed by atoms with Crippen LogP contribution in [0.4, 0.5) is 5.69 Å². The summed E-state index contributed by atoms with van der Waals surface area (Å²) in [5.41, 5.74) is 3.36. The molecule has 0 spiro atoms. The minimum absolute atomic E-state index is 0.0534. The van der Waals surface area contributed by atoms with Crippen molar-refractivity contribution in [2.45, 2.75) is 12.3 Å². The number of amides is 1. The maximum Gasteiger partial charge on any atom is 0.234 e. The number of halogens is 1. The Morgan fingerprint density at radius 2 is 1.79 bits per heavy atom. The molecule has 1 heterocycles. The van der Waals surface area contributed by atoms with E-state index < -0.39 is 0 Å². The minimum atomic E-state index is -0.0534. The van der Waals surface area contributed by atoms with Crippen molar-refractivity contribution in [2.75, 3.05) is 11.9 Å². The molecule has 0 unspecified atom stereocenters. The number of benzene rings is 2. The highest BCUT2D eigenvalue weighted by atomic mass is 79.9. The average Bonchev–Trinajstić information content (AvgIpc) is 2.67. The number of likely N-dealkylation sites (N-methyl/N-ethyl adjacent to an activating group) is 1. The molecule has 3 rings (SSSR count). The maximum absolute atomic E-state index is 12.4. The zero-order chi connectivity index (χ0) is 13.4. The smallest absolute Gasteiger partial charge is 0.234 e. The second-order valence-corrected chi connectivity index (χ2v) is 5.75. The molecule has 0 N–H and O–H groups in total. The summed E-state index contributed by atoms with van der Waals surface area (Å²) in [5, 5.41) is 0. The Labute approximate surface area is 121 Å². The first kappa shape index (κ1) is 12.4. The summed E-state index contributed by atoms with van der Waals surface area (Å²) >= 11 is 3.43. The van der Waals surface area contributed by atoms with Crippen molar-refractivity contribution in [3.8, 4) is 0 Å². The van der Waals surface area contributed by atoms with Crippen molar-refractivity contribution < 1.29 is 4.79 Å². The van der Waals surface area contributed by atoms with Crippen molar-refractivity contribution in [3.63, 3.8) is 0 Å². The summed E-state index contributed by atoms with van der Waals surface area (Å²) in [5.74, 6) is 0.131. The van der Waals surface area contributed by atoms with Crippen LogP contribution in [0.2, 0.25) is 0 Å². The van der Waals surface area contributed by atoms with E-state index in [-0.39, 0.29) is 11.8 Å². The lowest BCUT2D eigenvalue weighted by atomic mass is 9.93. The molecule has 0 radical (unpaired) electrons. The molecule has 0 aromatic heterocycles. The fourth-order valence-electron chi connectivity index (χ4n) is 2.63. The van der Waals surface area contributed by atoms with Gasteiger partial charge in [-0.2, -0.15) is 0 Å². The minimum Gasteiger partial charge on any atom is -0.315 e. The van der Waals surface area contributed by atoms with Crippen molar-refractivity contribution in [2.24, 2.45) is 0 Å². The van der Waals surface area contributed by atoms with Gasteiger partial charge in [0.15, 0.2) is 0 Å². The van der Waals surface area contributed by atoms with E-state index >= 15 is 0 Å². The second-order valence-electron chi connectivity index (χ2n) is 4.84. The first-order valence-electron chi connectivity index (χ1n) is 6.28. The Kier molecular flexibility index (Phi) is 3.15. The van der Waals surface area contributed by atoms with Crippen molar-refractivity contribution in [3.05, 3.63) is 64.1 Å². The average molecular weight is 316 g/mol. The third-order valence-electron chi connectivity index (χ3n) is 3.66. The van der Waals surface area contributed by atoms with Gasteiger partial charge in [-0.1, -0.05) is 46.3 Å². The van der Waals surface area contributed by atoms with E-state index in [1.165, 1.54) is 5.56 Å². The zero-order valence-corrected chi connectivity index (χ0v) is 12.2. The van der Waals surface area contributed by atoms with Crippen molar-refractivity contribution in [1.82, 2.24) is 0 Å². The predicted molar refractivity (Wildman–Crippen MR) is 80.4 cm³/mol. The highest BCUT2D eigenvalue weighted by Crippen LogP contribution is 2.37. The van der Waals surface area contributed by atoms with Crippen LogP contribution in [0.15, 0.2) is 53.0 Å². The third kappa shape index (κ3) is 2.19. The summed E-state index contributed by atoms with van der Waals surface area (Å²) in [6.07, 6.45) is 0.757. The molecular formula is C16H14BrNO. The third-order valence-corrected chi connectivity index (χ3v) is 4.18. The van der Waals surface area contributed by atoms with Crippen molar-refractivity contribution >= 4 is 27.5 Å². The van der Waals surface area contributed by atoms with Gasteiger partial charge in [0.25, 0.3) is 0 Å². The van der Waals surface area contributed by atoms with Crippen LogP contribution in [0, 0.1) is 0 Å². The van der Waals surface area contributed by atoms with Gasteiger partial charge in [0.05, 0.1) is 5.92 Å². The molecule has 2 aromatic carbocycles. The first-order valence-corrected chi connectivity index (χ1v) is 7.07. The van der Waals surface area contributed by atoms with Gasteiger partial charge in [0.1, 0.15) is 0 Å². The molecule has 1 aliphatic rings. The van der Waals surface area contributed by atoms with E-state index in [1.54, 1.807) is 4.90 Å². The lowest BCUT2D eigenvalue weighted by molar-refractivity contribution is -0.119. The summed E-state index contributed by atoms with van der Waals surface area (Å²) in [7, 11) is 1.85. The number of anilines is 1. The summed E-state index contributed by atoms with van der Waals surface area (Å²) < 4.78 is 1.06. The van der Waals surface area contributed by atoms with Gasteiger partial charge in [0, 0.05) is 17.2 Å². The van der Waals surface area contributed by atoms with Crippen LogP contribution in [0.5, 0.6) is 0 Å². The number of rotatable bonds is 2. The van der Waals surface area contributed by atoms with Crippen LogP contribution in [-0.4, -0.2) is 13.0 Å². The Morgan fingerprint density at radius 1 is 1.11 bits per heavy atom. The predicted octanol–water partition coefficient (Wildman–Crippen LogP) is 3.75. The van der Waals surface area contributed by atoms with E-state index in [9.17, 15) is 4.79 Å². The SMILES string of the molecule is CN1C(=O)[C@H](Cc2ccc(Br)cc2)c2ccccc21. The van der Waals surface area contributed by atoms with Crippen LogP contribution < -0.4 is 4.90 Å². The Bertz CT molecular complexity index is 621. The van der Waals surface area contributed by atoms with E-state index in [2.05, 4.69) is 34.1 Å². The number of hydrogen-bond acceptors (Lipinski definition) is 1. The standard InChI is InChI=1S/C16H14BrNO/c1-18-15-5-3-2-4-13(15)14(16(18)19)10-11-6-8-12(17)9-7-11/h2-9,14H,10H2,1H3/t14-/m1/s1. The number of fused-ring (bicyclic) bond motifs is 1. The van der Waals surface area contributed by atoms with E-state index in [0.717, 1.165) is 22.1 Å². The van der Waals surface area contributed by atoms with Crippen LogP contribution in [-0.2, 0) is 11.2 Å². The molecule has 0 bridgehead atoms. The summed E-state index contributed by atoms with van der Waals surface area (Å²) in [6.45, 7) is 0. The Morgan fingerprint density at radius 3 is 2.53 bits per heavy atom. The van der Waals surface area contributed by atoms with E-state index in [1.807, 2.05) is 37.4 Å². The van der Waals surface area contributed by atoms with Crippen LogP contribution in [0.25, 0.3) is 0 Å². The summed E-state index contributed by atoms with van der Waals surface area (Å²) in [6, 6.07) is 16.2. The largest absolute Gasteiger partial charge is 0.315 e. The van der Waals surface area contributed by atoms with Crippen LogP contribution >= 0.6 is 15.9 Å². The number of hydrogen-bond donors (Lipinski definition) is 0. The van der Waals surface area contributed by atoms with Gasteiger partial charge in [-0.15, -0.1) is 0 Å². The lowest BCUT2D eigenvalue weighted by Gasteiger charge is -2.11. The molecule has 96 valence electrons. The molecule has 2 aromatic rings. The number of carbonyl (C=O) groups excluding carboxylic acids is 1. The number of para-hydroxylation sites is 1. The van der Waals surface area contributed by atoms with Crippen molar-refractivity contribution in [1.29, 1.82) is 0 Å². The fraction of sp³-hybridized carbons (Fsp3) is 0.188. The van der Waals surface area contributed by atoms with Gasteiger partial charge in [0.2, 0.25) is 5.91 Å². The lowest BCUT2D eigenvalue weighted by Crippen LogP contribution is -2.24.